The van der Waals surface area contributed by atoms with Gasteiger partial charge in [0.1, 0.15) is 10.9 Å². The topological polar surface area (TPSA) is 79.8 Å². The van der Waals surface area contributed by atoms with E-state index in [2.05, 4.69) is 4.98 Å². The number of amides is 1. The molecule has 3 fully saturated rings. The molecule has 0 N–H and O–H groups in total. The summed E-state index contributed by atoms with van der Waals surface area (Å²) in [6, 6.07) is 10.4. The van der Waals surface area contributed by atoms with Crippen LogP contribution in [-0.2, 0) is 21.3 Å². The Hall–Kier alpha value is -2.00. The van der Waals surface area contributed by atoms with Crippen LogP contribution in [-0.4, -0.2) is 65.1 Å². The van der Waals surface area contributed by atoms with E-state index in [-0.39, 0.29) is 31.6 Å². The molecule has 0 unspecified atom stereocenters. The Labute approximate surface area is 174 Å². The van der Waals surface area contributed by atoms with Crippen LogP contribution in [0.5, 0.6) is 0 Å². The van der Waals surface area contributed by atoms with Gasteiger partial charge in [0, 0.05) is 42.6 Å². The Morgan fingerprint density at radius 2 is 2.03 bits per heavy atom. The fraction of sp³-hybridized carbons (Fsp3) is 0.400. The Morgan fingerprint density at radius 3 is 2.79 bits per heavy atom. The molecular formula is C20H20ClN3O4S. The number of hydrogen-bond acceptors (Lipinski definition) is 5. The van der Waals surface area contributed by atoms with Gasteiger partial charge in [0.25, 0.3) is 5.91 Å². The first-order valence-electron chi connectivity index (χ1n) is 9.48. The number of rotatable bonds is 3. The molecule has 1 spiro atoms. The minimum atomic E-state index is -3.52. The molecule has 3 atom stereocenters. The molecule has 0 aliphatic carbocycles. The van der Waals surface area contributed by atoms with Gasteiger partial charge >= 0.3 is 0 Å². The van der Waals surface area contributed by atoms with Gasteiger partial charge in [0.05, 0.1) is 12.6 Å². The Morgan fingerprint density at radius 1 is 1.24 bits per heavy atom. The summed E-state index contributed by atoms with van der Waals surface area (Å²) >= 11 is 6.03. The van der Waals surface area contributed by atoms with Gasteiger partial charge in [-0.05, 0) is 42.3 Å². The number of pyridine rings is 1. The standard InChI is InChI=1S/C20H20ClN3O4S/c21-16-3-1-2-15(8-16)19(25)23-11-17-9-18-20(12-23,28-17)13-24(29(18,26)27)10-14-4-6-22-7-5-14/h1-8,17-18H,9-13H2/t17-,18+,20+/m0/s1. The molecule has 7 nitrogen and oxygen atoms in total. The van der Waals surface area contributed by atoms with Crippen molar-refractivity contribution in [3.05, 3.63) is 64.9 Å². The SMILES string of the molecule is O=C(c1cccc(Cl)c1)N1C[C@@H]2C[C@@H]3[C@@](C1)(CN(Cc1ccncc1)S3(=O)=O)O2. The van der Waals surface area contributed by atoms with E-state index in [1.807, 2.05) is 0 Å². The molecule has 2 aromatic rings. The number of sulfonamides is 1. The first-order chi connectivity index (χ1) is 13.9. The summed E-state index contributed by atoms with van der Waals surface area (Å²) in [5, 5.41) is -0.130. The predicted molar refractivity (Wildman–Crippen MR) is 107 cm³/mol. The molecule has 1 amide bonds. The number of carbonyl (C=O) groups is 1. The Kier molecular flexibility index (Phi) is 4.43. The first kappa shape index (κ1) is 19.0. The molecular weight excluding hydrogens is 414 g/mol. The molecule has 9 heteroatoms. The third kappa shape index (κ3) is 3.15. The second kappa shape index (κ2) is 6.77. The van der Waals surface area contributed by atoms with Gasteiger partial charge < -0.3 is 9.64 Å². The monoisotopic (exact) mass is 433 g/mol. The molecule has 4 heterocycles. The van der Waals surface area contributed by atoms with Gasteiger partial charge in [0.2, 0.25) is 10.0 Å². The summed E-state index contributed by atoms with van der Waals surface area (Å²) in [6.07, 6.45) is 3.44. The molecule has 3 aliphatic heterocycles. The first-order valence-corrected chi connectivity index (χ1v) is 11.4. The third-order valence-corrected chi connectivity index (χ3v) is 8.53. The van der Waals surface area contributed by atoms with Gasteiger partial charge in [-0.2, -0.15) is 4.31 Å². The van der Waals surface area contributed by atoms with Crippen LogP contribution in [0.2, 0.25) is 5.02 Å². The quantitative estimate of drug-likeness (QED) is 0.739. The zero-order valence-electron chi connectivity index (χ0n) is 15.6. The molecule has 0 radical (unpaired) electrons. The Bertz CT molecular complexity index is 1060. The van der Waals surface area contributed by atoms with Gasteiger partial charge in [-0.25, -0.2) is 8.42 Å². The largest absolute Gasteiger partial charge is 0.365 e. The van der Waals surface area contributed by atoms with Crippen LogP contribution < -0.4 is 0 Å². The van der Waals surface area contributed by atoms with Crippen molar-refractivity contribution in [2.45, 2.75) is 29.9 Å². The number of carbonyl (C=O) groups excluding carboxylic acids is 1. The highest BCUT2D eigenvalue weighted by Crippen LogP contribution is 2.47. The second-order valence-electron chi connectivity index (χ2n) is 7.89. The maximum absolute atomic E-state index is 13.2. The molecule has 3 aliphatic rings. The number of ether oxygens (including phenoxy) is 1. The van der Waals surface area contributed by atoms with Gasteiger partial charge in [0.15, 0.2) is 0 Å². The molecule has 152 valence electrons. The fourth-order valence-electron chi connectivity index (χ4n) is 4.74. The van der Waals surface area contributed by atoms with E-state index in [1.165, 1.54) is 4.31 Å². The van der Waals surface area contributed by atoms with Crippen LogP contribution in [0.15, 0.2) is 48.8 Å². The molecule has 0 saturated carbocycles. The van der Waals surface area contributed by atoms with E-state index in [0.29, 0.717) is 23.6 Å². The van der Waals surface area contributed by atoms with Crippen molar-refractivity contribution in [3.8, 4) is 0 Å². The molecule has 2 bridgehead atoms. The lowest BCUT2D eigenvalue weighted by Gasteiger charge is -2.39. The zero-order valence-corrected chi connectivity index (χ0v) is 17.1. The van der Waals surface area contributed by atoms with Gasteiger partial charge in [-0.3, -0.25) is 9.78 Å². The maximum Gasteiger partial charge on any atom is 0.254 e. The number of likely N-dealkylation sites (tertiary alicyclic amines) is 1. The number of benzene rings is 1. The van der Waals surface area contributed by atoms with Crippen LogP contribution in [0.3, 0.4) is 0 Å². The van der Waals surface area contributed by atoms with Crippen molar-refractivity contribution in [2.75, 3.05) is 19.6 Å². The van der Waals surface area contributed by atoms with Crippen molar-refractivity contribution < 1.29 is 17.9 Å². The van der Waals surface area contributed by atoms with Crippen LogP contribution in [0.1, 0.15) is 22.3 Å². The fourth-order valence-corrected chi connectivity index (χ4v) is 7.22. The molecule has 29 heavy (non-hydrogen) atoms. The molecule has 1 aromatic heterocycles. The van der Waals surface area contributed by atoms with Crippen LogP contribution in [0, 0.1) is 0 Å². The number of hydrogen-bond donors (Lipinski definition) is 0. The summed E-state index contributed by atoms with van der Waals surface area (Å²) < 4.78 is 34.1. The van der Waals surface area contributed by atoms with Gasteiger partial charge in [-0.1, -0.05) is 17.7 Å². The lowest BCUT2D eigenvalue weighted by Crippen LogP contribution is -2.56. The number of halogens is 1. The molecule has 3 saturated heterocycles. The normalized spacial score (nSPS) is 30.3. The van der Waals surface area contributed by atoms with E-state index in [0.717, 1.165) is 5.56 Å². The summed E-state index contributed by atoms with van der Waals surface area (Å²) in [5.74, 6) is -0.147. The second-order valence-corrected chi connectivity index (χ2v) is 10.4. The average Bonchev–Trinajstić information content (AvgIpc) is 3.07. The minimum absolute atomic E-state index is 0.147. The lowest BCUT2D eigenvalue weighted by molar-refractivity contribution is -0.0980. The van der Waals surface area contributed by atoms with Gasteiger partial charge in [-0.15, -0.1) is 0 Å². The molecule has 1 aromatic carbocycles. The predicted octanol–water partition coefficient (Wildman–Crippen LogP) is 1.93. The van der Waals surface area contributed by atoms with Crippen molar-refractivity contribution >= 4 is 27.5 Å². The smallest absolute Gasteiger partial charge is 0.254 e. The minimum Gasteiger partial charge on any atom is -0.365 e. The highest BCUT2D eigenvalue weighted by Gasteiger charge is 2.65. The number of aromatic nitrogens is 1. The van der Waals surface area contributed by atoms with E-state index < -0.39 is 20.9 Å². The average molecular weight is 434 g/mol. The summed E-state index contributed by atoms with van der Waals surface area (Å²) in [6.45, 7) is 1.17. The number of fused-ring (bicyclic) bond motifs is 1. The highest BCUT2D eigenvalue weighted by atomic mass is 35.5. The lowest BCUT2D eigenvalue weighted by atomic mass is 9.99. The maximum atomic E-state index is 13.2. The summed E-state index contributed by atoms with van der Waals surface area (Å²) in [5.41, 5.74) is 0.489. The Balaban J connectivity index is 1.41. The summed E-state index contributed by atoms with van der Waals surface area (Å²) in [7, 11) is -3.52. The van der Waals surface area contributed by atoms with Crippen LogP contribution >= 0.6 is 11.6 Å². The van der Waals surface area contributed by atoms with Crippen molar-refractivity contribution in [1.29, 1.82) is 0 Å². The summed E-state index contributed by atoms with van der Waals surface area (Å²) in [4.78, 5) is 18.7. The number of nitrogens with zero attached hydrogens (tertiary/aromatic N) is 3. The third-order valence-electron chi connectivity index (χ3n) is 5.98. The van der Waals surface area contributed by atoms with E-state index >= 15 is 0 Å². The van der Waals surface area contributed by atoms with Crippen molar-refractivity contribution in [2.24, 2.45) is 0 Å². The van der Waals surface area contributed by atoms with Crippen molar-refractivity contribution in [1.82, 2.24) is 14.2 Å². The number of morpholine rings is 1. The molecule has 5 rings (SSSR count). The zero-order chi connectivity index (χ0) is 20.2. The van der Waals surface area contributed by atoms with E-state index in [4.69, 9.17) is 16.3 Å². The van der Waals surface area contributed by atoms with Crippen molar-refractivity contribution in [3.63, 3.8) is 0 Å². The van der Waals surface area contributed by atoms with Crippen LogP contribution in [0.4, 0.5) is 0 Å². The van der Waals surface area contributed by atoms with Crippen LogP contribution in [0.25, 0.3) is 0 Å². The van der Waals surface area contributed by atoms with E-state index in [1.54, 1.807) is 53.7 Å². The highest BCUT2D eigenvalue weighted by molar-refractivity contribution is 7.90. The van der Waals surface area contributed by atoms with E-state index in [9.17, 15) is 13.2 Å².